The Kier molecular flexibility index (Phi) is 4.71. The molecule has 0 aromatic heterocycles. The first-order valence-electron chi connectivity index (χ1n) is 7.29. The Morgan fingerprint density at radius 3 is 2.68 bits per heavy atom. The van der Waals surface area contributed by atoms with Gasteiger partial charge in [0.2, 0.25) is 0 Å². The number of ether oxygens (including phenoxy) is 1. The monoisotopic (exact) mass is 305 g/mol. The van der Waals surface area contributed by atoms with Gasteiger partial charge in [0.05, 0.1) is 18.8 Å². The summed E-state index contributed by atoms with van der Waals surface area (Å²) in [5.74, 6) is -0.0470. The zero-order valence-electron chi connectivity index (χ0n) is 13.5. The highest BCUT2D eigenvalue weighted by molar-refractivity contribution is 5.97. The van der Waals surface area contributed by atoms with Crippen molar-refractivity contribution in [2.75, 3.05) is 39.2 Å². The predicted molar refractivity (Wildman–Crippen MR) is 85.1 cm³/mol. The summed E-state index contributed by atoms with van der Waals surface area (Å²) in [5, 5.41) is 2.75. The van der Waals surface area contributed by atoms with Gasteiger partial charge in [-0.3, -0.25) is 4.79 Å². The van der Waals surface area contributed by atoms with Crippen LogP contribution in [-0.2, 0) is 4.74 Å². The molecule has 0 atom stereocenters. The fraction of sp³-hybridized carbons (Fsp3) is 0.500. The van der Waals surface area contributed by atoms with Crippen LogP contribution in [0.15, 0.2) is 24.3 Å². The SMILES string of the molecule is CN(C)C(=O)Nc1cccc(C(=O)N2CCOCC2(C)C)c1. The molecular formula is C16H23N3O3. The van der Waals surface area contributed by atoms with Gasteiger partial charge in [0.25, 0.3) is 5.91 Å². The average Bonchev–Trinajstić information content (AvgIpc) is 2.46. The smallest absolute Gasteiger partial charge is 0.321 e. The maximum atomic E-state index is 12.7. The molecule has 0 unspecified atom stereocenters. The lowest BCUT2D eigenvalue weighted by molar-refractivity contribution is -0.0370. The van der Waals surface area contributed by atoms with Gasteiger partial charge in [-0.1, -0.05) is 6.07 Å². The van der Waals surface area contributed by atoms with E-state index >= 15 is 0 Å². The Morgan fingerprint density at radius 1 is 1.32 bits per heavy atom. The molecule has 1 heterocycles. The molecule has 1 aliphatic rings. The van der Waals surface area contributed by atoms with Gasteiger partial charge >= 0.3 is 6.03 Å². The number of urea groups is 1. The quantitative estimate of drug-likeness (QED) is 0.909. The van der Waals surface area contributed by atoms with Crippen molar-refractivity contribution in [3.63, 3.8) is 0 Å². The molecule has 1 saturated heterocycles. The molecule has 1 fully saturated rings. The predicted octanol–water partition coefficient (Wildman–Crippen LogP) is 2.03. The number of hydrogen-bond acceptors (Lipinski definition) is 3. The number of nitrogens with zero attached hydrogens (tertiary/aromatic N) is 2. The van der Waals surface area contributed by atoms with Crippen LogP contribution in [0.1, 0.15) is 24.2 Å². The highest BCUT2D eigenvalue weighted by atomic mass is 16.5. The Balaban J connectivity index is 2.18. The molecule has 1 aromatic rings. The summed E-state index contributed by atoms with van der Waals surface area (Å²) in [6.45, 7) is 5.62. The van der Waals surface area contributed by atoms with Crippen molar-refractivity contribution in [2.24, 2.45) is 0 Å². The Bertz CT molecular complexity index is 570. The molecule has 0 saturated carbocycles. The highest BCUT2D eigenvalue weighted by Gasteiger charge is 2.34. The zero-order chi connectivity index (χ0) is 16.3. The lowest BCUT2D eigenvalue weighted by Gasteiger charge is -2.42. The molecule has 0 aliphatic carbocycles. The minimum atomic E-state index is -0.335. The average molecular weight is 305 g/mol. The van der Waals surface area contributed by atoms with Crippen LogP contribution in [0.5, 0.6) is 0 Å². The number of nitrogens with one attached hydrogen (secondary N) is 1. The number of amides is 3. The first-order valence-corrected chi connectivity index (χ1v) is 7.29. The van der Waals surface area contributed by atoms with Gasteiger partial charge in [-0.15, -0.1) is 0 Å². The van der Waals surface area contributed by atoms with Crippen molar-refractivity contribution in [2.45, 2.75) is 19.4 Å². The maximum Gasteiger partial charge on any atom is 0.321 e. The van der Waals surface area contributed by atoms with E-state index in [-0.39, 0.29) is 17.5 Å². The van der Waals surface area contributed by atoms with Crippen LogP contribution in [0.3, 0.4) is 0 Å². The van der Waals surface area contributed by atoms with Gasteiger partial charge in [-0.05, 0) is 32.0 Å². The highest BCUT2D eigenvalue weighted by Crippen LogP contribution is 2.22. The molecule has 0 radical (unpaired) electrons. The Hall–Kier alpha value is -2.08. The molecule has 120 valence electrons. The molecule has 0 spiro atoms. The second-order valence-corrected chi connectivity index (χ2v) is 6.23. The number of morpholine rings is 1. The lowest BCUT2D eigenvalue weighted by Crippen LogP contribution is -2.55. The fourth-order valence-corrected chi connectivity index (χ4v) is 2.36. The topological polar surface area (TPSA) is 61.9 Å². The van der Waals surface area contributed by atoms with Crippen LogP contribution in [0, 0.1) is 0 Å². The summed E-state index contributed by atoms with van der Waals surface area (Å²) in [6.07, 6.45) is 0. The number of rotatable bonds is 2. The van der Waals surface area contributed by atoms with Gasteiger partial charge in [0, 0.05) is 31.9 Å². The molecule has 1 aromatic carbocycles. The summed E-state index contributed by atoms with van der Waals surface area (Å²) in [5.41, 5.74) is 0.834. The molecule has 22 heavy (non-hydrogen) atoms. The van der Waals surface area contributed by atoms with E-state index in [4.69, 9.17) is 4.74 Å². The van der Waals surface area contributed by atoms with Crippen LogP contribution in [-0.4, -0.2) is 61.1 Å². The third-order valence-corrected chi connectivity index (χ3v) is 3.66. The Morgan fingerprint density at radius 2 is 2.05 bits per heavy atom. The van der Waals surface area contributed by atoms with Gasteiger partial charge in [0.1, 0.15) is 0 Å². The van der Waals surface area contributed by atoms with Crippen molar-refractivity contribution in [3.05, 3.63) is 29.8 Å². The third-order valence-electron chi connectivity index (χ3n) is 3.66. The zero-order valence-corrected chi connectivity index (χ0v) is 13.5. The van der Waals surface area contributed by atoms with E-state index in [0.29, 0.717) is 31.0 Å². The number of benzene rings is 1. The maximum absolute atomic E-state index is 12.7. The molecule has 0 bridgehead atoms. The molecule has 6 nitrogen and oxygen atoms in total. The number of carbonyl (C=O) groups is 2. The second kappa shape index (κ2) is 6.36. The van der Waals surface area contributed by atoms with Gasteiger partial charge < -0.3 is 19.9 Å². The van der Waals surface area contributed by atoms with Crippen molar-refractivity contribution in [1.29, 1.82) is 0 Å². The number of hydrogen-bond donors (Lipinski definition) is 1. The standard InChI is InChI=1S/C16H23N3O3/c1-16(2)11-22-9-8-19(16)14(20)12-6-5-7-13(10-12)17-15(21)18(3)4/h5-7,10H,8-9,11H2,1-4H3,(H,17,21). The molecule has 2 rings (SSSR count). The summed E-state index contributed by atoms with van der Waals surface area (Å²) >= 11 is 0. The van der Waals surface area contributed by atoms with E-state index in [1.54, 1.807) is 38.4 Å². The van der Waals surface area contributed by atoms with E-state index in [2.05, 4.69) is 5.32 Å². The van der Waals surface area contributed by atoms with Crippen LogP contribution in [0.4, 0.5) is 10.5 Å². The normalized spacial score (nSPS) is 17.0. The first-order chi connectivity index (χ1) is 10.3. The summed E-state index contributed by atoms with van der Waals surface area (Å²) < 4.78 is 5.45. The van der Waals surface area contributed by atoms with Crippen LogP contribution in [0.25, 0.3) is 0 Å². The van der Waals surface area contributed by atoms with Crippen molar-refractivity contribution >= 4 is 17.6 Å². The number of carbonyl (C=O) groups excluding carboxylic acids is 2. The summed E-state index contributed by atoms with van der Waals surface area (Å²) in [4.78, 5) is 27.7. The molecule has 1 N–H and O–H groups in total. The van der Waals surface area contributed by atoms with Crippen LogP contribution in [0.2, 0.25) is 0 Å². The van der Waals surface area contributed by atoms with Gasteiger partial charge in [0.15, 0.2) is 0 Å². The van der Waals surface area contributed by atoms with E-state index in [0.717, 1.165) is 0 Å². The minimum Gasteiger partial charge on any atom is -0.377 e. The van der Waals surface area contributed by atoms with E-state index in [1.165, 1.54) is 4.90 Å². The Labute approximate surface area is 131 Å². The van der Waals surface area contributed by atoms with Crippen molar-refractivity contribution in [1.82, 2.24) is 9.80 Å². The first kappa shape index (κ1) is 16.3. The van der Waals surface area contributed by atoms with Crippen molar-refractivity contribution in [3.8, 4) is 0 Å². The van der Waals surface area contributed by atoms with Crippen LogP contribution < -0.4 is 5.32 Å². The lowest BCUT2D eigenvalue weighted by atomic mass is 10.0. The number of anilines is 1. The van der Waals surface area contributed by atoms with E-state index < -0.39 is 0 Å². The second-order valence-electron chi connectivity index (χ2n) is 6.23. The van der Waals surface area contributed by atoms with E-state index in [9.17, 15) is 9.59 Å². The largest absolute Gasteiger partial charge is 0.377 e. The van der Waals surface area contributed by atoms with Crippen molar-refractivity contribution < 1.29 is 14.3 Å². The van der Waals surface area contributed by atoms with Gasteiger partial charge in [-0.2, -0.15) is 0 Å². The summed E-state index contributed by atoms with van der Waals surface area (Å²) in [6, 6.07) is 6.78. The summed E-state index contributed by atoms with van der Waals surface area (Å²) in [7, 11) is 3.33. The molecule has 3 amide bonds. The minimum absolute atomic E-state index is 0.0470. The van der Waals surface area contributed by atoms with Gasteiger partial charge in [-0.25, -0.2) is 4.79 Å². The molecule has 1 aliphatic heterocycles. The molecule has 6 heteroatoms. The third kappa shape index (κ3) is 3.57. The van der Waals surface area contributed by atoms with E-state index in [1.807, 2.05) is 18.7 Å². The fourth-order valence-electron chi connectivity index (χ4n) is 2.36. The van der Waals surface area contributed by atoms with Crippen LogP contribution >= 0.6 is 0 Å². The molecular weight excluding hydrogens is 282 g/mol.